The van der Waals surface area contributed by atoms with Gasteiger partial charge in [0.25, 0.3) is 0 Å². The van der Waals surface area contributed by atoms with Crippen LogP contribution in [0.2, 0.25) is 5.02 Å². The lowest BCUT2D eigenvalue weighted by Gasteiger charge is -2.12. The Morgan fingerprint density at radius 3 is 2.21 bits per heavy atom. The van der Waals surface area contributed by atoms with E-state index >= 15 is 0 Å². The molecule has 1 nitrogen and oxygen atoms in total. The van der Waals surface area contributed by atoms with Crippen LogP contribution in [0.5, 0.6) is 0 Å². The summed E-state index contributed by atoms with van der Waals surface area (Å²) in [7, 11) is 0. The van der Waals surface area contributed by atoms with E-state index in [1.165, 1.54) is 13.0 Å². The summed E-state index contributed by atoms with van der Waals surface area (Å²) < 4.78 is 36.8. The number of hydrogen-bond acceptors (Lipinski definition) is 1. The van der Waals surface area contributed by atoms with Gasteiger partial charge in [0.05, 0.1) is 5.56 Å². The number of rotatable bonds is 0. The van der Waals surface area contributed by atoms with Crippen molar-refractivity contribution < 1.29 is 13.2 Å². The first kappa shape index (κ1) is 13.4. The molecule has 0 aliphatic rings. The zero-order valence-electron chi connectivity index (χ0n) is 7.15. The molecule has 0 bridgehead atoms. The van der Waals surface area contributed by atoms with E-state index in [2.05, 4.69) is 0 Å². The molecule has 14 heavy (non-hydrogen) atoms. The largest absolute Gasteiger partial charge is 0.418 e. The second-order valence-electron chi connectivity index (χ2n) is 2.68. The predicted octanol–water partition coefficient (Wildman–Crippen LogP) is 3.67. The van der Waals surface area contributed by atoms with Crippen LogP contribution < -0.4 is 5.73 Å². The van der Waals surface area contributed by atoms with Gasteiger partial charge in [0.15, 0.2) is 0 Å². The molecule has 1 aromatic carbocycles. The molecule has 2 N–H and O–H groups in total. The van der Waals surface area contributed by atoms with Crippen LogP contribution in [-0.2, 0) is 6.18 Å². The minimum Gasteiger partial charge on any atom is -0.398 e. The maximum absolute atomic E-state index is 12.3. The Labute approximate surface area is 90.5 Å². The summed E-state index contributed by atoms with van der Waals surface area (Å²) in [5.41, 5.74) is 4.45. The van der Waals surface area contributed by atoms with E-state index in [0.717, 1.165) is 6.07 Å². The quantitative estimate of drug-likeness (QED) is 0.694. The van der Waals surface area contributed by atoms with Gasteiger partial charge in [-0.05, 0) is 24.6 Å². The van der Waals surface area contributed by atoms with E-state index < -0.39 is 11.7 Å². The highest BCUT2D eigenvalue weighted by molar-refractivity contribution is 6.30. The van der Waals surface area contributed by atoms with Crippen LogP contribution in [0, 0.1) is 6.92 Å². The van der Waals surface area contributed by atoms with Crippen molar-refractivity contribution in [2.24, 2.45) is 0 Å². The maximum atomic E-state index is 12.3. The summed E-state index contributed by atoms with van der Waals surface area (Å²) in [6, 6.07) is 2.22. The molecule has 0 heterocycles. The molecular weight excluding hydrogens is 238 g/mol. The molecule has 0 saturated carbocycles. The SMILES string of the molecule is Cc1cc(Cl)cc(C(F)(F)F)c1N.Cl. The van der Waals surface area contributed by atoms with Gasteiger partial charge in [-0.3, -0.25) is 0 Å². The maximum Gasteiger partial charge on any atom is 0.418 e. The first-order chi connectivity index (χ1) is 5.82. The molecule has 0 amide bonds. The van der Waals surface area contributed by atoms with E-state index in [-0.39, 0.29) is 23.1 Å². The van der Waals surface area contributed by atoms with Crippen molar-refractivity contribution in [2.45, 2.75) is 13.1 Å². The molecule has 0 aromatic heterocycles. The van der Waals surface area contributed by atoms with Crippen molar-refractivity contribution >= 4 is 29.7 Å². The van der Waals surface area contributed by atoms with Gasteiger partial charge in [-0.25, -0.2) is 0 Å². The number of hydrogen-bond donors (Lipinski definition) is 1. The summed E-state index contributed by atoms with van der Waals surface area (Å²) in [4.78, 5) is 0. The van der Waals surface area contributed by atoms with Crippen molar-refractivity contribution in [3.63, 3.8) is 0 Å². The molecule has 0 aliphatic heterocycles. The molecule has 0 radical (unpaired) electrons. The Balaban J connectivity index is 0.00000169. The summed E-state index contributed by atoms with van der Waals surface area (Å²) in [6.45, 7) is 1.48. The monoisotopic (exact) mass is 245 g/mol. The summed E-state index contributed by atoms with van der Waals surface area (Å²) in [5, 5.41) is 0.0408. The second-order valence-corrected chi connectivity index (χ2v) is 3.12. The second kappa shape index (κ2) is 4.28. The number of benzene rings is 1. The Hall–Kier alpha value is -0.610. The van der Waals surface area contributed by atoms with Gasteiger partial charge >= 0.3 is 6.18 Å². The van der Waals surface area contributed by atoms with E-state index in [1.54, 1.807) is 0 Å². The Kier molecular flexibility index (Phi) is 4.09. The predicted molar refractivity (Wildman–Crippen MR) is 52.9 cm³/mol. The van der Waals surface area contributed by atoms with E-state index in [4.69, 9.17) is 17.3 Å². The highest BCUT2D eigenvalue weighted by Gasteiger charge is 2.33. The van der Waals surface area contributed by atoms with Crippen LogP contribution in [0.15, 0.2) is 12.1 Å². The Morgan fingerprint density at radius 2 is 1.79 bits per heavy atom. The number of nitrogen functional groups attached to an aromatic ring is 1. The first-order valence-electron chi connectivity index (χ1n) is 3.45. The van der Waals surface area contributed by atoms with Crippen molar-refractivity contribution in [3.8, 4) is 0 Å². The normalized spacial score (nSPS) is 10.9. The minimum absolute atomic E-state index is 0. The third-order valence-corrected chi connectivity index (χ3v) is 1.88. The zero-order chi connectivity index (χ0) is 10.2. The zero-order valence-corrected chi connectivity index (χ0v) is 8.72. The molecule has 0 atom stereocenters. The summed E-state index contributed by atoms with van der Waals surface area (Å²) in [5.74, 6) is 0. The molecule has 0 unspecified atom stereocenters. The third kappa shape index (κ3) is 2.69. The molecule has 0 fully saturated rings. The molecule has 1 rings (SSSR count). The van der Waals surface area contributed by atoms with E-state index in [0.29, 0.717) is 5.56 Å². The minimum atomic E-state index is -4.44. The fraction of sp³-hybridized carbons (Fsp3) is 0.250. The highest BCUT2D eigenvalue weighted by atomic mass is 35.5. The Morgan fingerprint density at radius 1 is 1.29 bits per heavy atom. The number of nitrogens with two attached hydrogens (primary N) is 1. The average Bonchev–Trinajstić information content (AvgIpc) is 1.94. The van der Waals surface area contributed by atoms with Crippen LogP contribution in [0.1, 0.15) is 11.1 Å². The van der Waals surface area contributed by atoms with Gasteiger partial charge in [-0.1, -0.05) is 11.6 Å². The topological polar surface area (TPSA) is 26.0 Å². The molecule has 0 saturated heterocycles. The lowest BCUT2D eigenvalue weighted by molar-refractivity contribution is -0.136. The fourth-order valence-electron chi connectivity index (χ4n) is 0.989. The van der Waals surface area contributed by atoms with Crippen LogP contribution >= 0.6 is 24.0 Å². The number of anilines is 1. The molecular formula is C8H8Cl2F3N. The molecule has 80 valence electrons. The van der Waals surface area contributed by atoms with E-state index in [9.17, 15) is 13.2 Å². The average molecular weight is 246 g/mol. The van der Waals surface area contributed by atoms with Gasteiger partial charge in [-0.2, -0.15) is 13.2 Å². The van der Waals surface area contributed by atoms with Gasteiger partial charge in [0, 0.05) is 10.7 Å². The van der Waals surface area contributed by atoms with Crippen molar-refractivity contribution in [3.05, 3.63) is 28.3 Å². The lowest BCUT2D eigenvalue weighted by Crippen LogP contribution is -2.09. The van der Waals surface area contributed by atoms with Gasteiger partial charge in [0.1, 0.15) is 0 Å². The Bertz CT molecular complexity index is 336. The third-order valence-electron chi connectivity index (χ3n) is 1.66. The van der Waals surface area contributed by atoms with E-state index in [1.807, 2.05) is 0 Å². The molecule has 6 heteroatoms. The highest BCUT2D eigenvalue weighted by Crippen LogP contribution is 2.36. The van der Waals surface area contributed by atoms with Crippen LogP contribution in [0.3, 0.4) is 0 Å². The standard InChI is InChI=1S/C8H7ClF3N.ClH/c1-4-2-5(9)3-6(7(4)13)8(10,11)12;/h2-3H,13H2,1H3;1H. The van der Waals surface area contributed by atoms with Gasteiger partial charge in [0.2, 0.25) is 0 Å². The van der Waals surface area contributed by atoms with Crippen molar-refractivity contribution in [2.75, 3.05) is 5.73 Å². The molecule has 1 aromatic rings. The number of alkyl halides is 3. The molecule has 0 aliphatic carbocycles. The van der Waals surface area contributed by atoms with Crippen LogP contribution in [-0.4, -0.2) is 0 Å². The molecule has 0 spiro atoms. The first-order valence-corrected chi connectivity index (χ1v) is 3.83. The smallest absolute Gasteiger partial charge is 0.398 e. The summed E-state index contributed by atoms with van der Waals surface area (Å²) >= 11 is 5.47. The summed E-state index contributed by atoms with van der Waals surface area (Å²) in [6.07, 6.45) is -4.44. The fourth-order valence-corrected chi connectivity index (χ4v) is 1.26. The van der Waals surface area contributed by atoms with Gasteiger partial charge < -0.3 is 5.73 Å². The van der Waals surface area contributed by atoms with Crippen molar-refractivity contribution in [1.29, 1.82) is 0 Å². The van der Waals surface area contributed by atoms with Crippen LogP contribution in [0.4, 0.5) is 18.9 Å². The van der Waals surface area contributed by atoms with Crippen molar-refractivity contribution in [1.82, 2.24) is 0 Å². The number of halogens is 5. The lowest BCUT2D eigenvalue weighted by atomic mass is 10.1. The number of aryl methyl sites for hydroxylation is 1. The van der Waals surface area contributed by atoms with Crippen LogP contribution in [0.25, 0.3) is 0 Å². The van der Waals surface area contributed by atoms with Gasteiger partial charge in [-0.15, -0.1) is 12.4 Å².